The van der Waals surface area contributed by atoms with E-state index in [1.165, 1.54) is 0 Å². The first kappa shape index (κ1) is 16.9. The fraction of sp³-hybridized carbons (Fsp3) is 0.333. The lowest BCUT2D eigenvalue weighted by Crippen LogP contribution is -2.34. The number of hydrogen-bond donors (Lipinski definition) is 0. The minimum Gasteiger partial charge on any atom is -0.491 e. The van der Waals surface area contributed by atoms with E-state index in [0.717, 1.165) is 29.4 Å². The predicted molar refractivity (Wildman–Crippen MR) is 104 cm³/mol. The number of Topliss-reactive ketones (excluding diaryl/α,β-unsaturated/α-hetero) is 1. The Morgan fingerprint density at radius 3 is 2.89 bits per heavy atom. The van der Waals surface area contributed by atoms with Gasteiger partial charge in [0, 0.05) is 25.1 Å². The molecule has 0 unspecified atom stereocenters. The lowest BCUT2D eigenvalue weighted by Gasteiger charge is -2.19. The van der Waals surface area contributed by atoms with Gasteiger partial charge < -0.3 is 9.64 Å². The summed E-state index contributed by atoms with van der Waals surface area (Å²) < 4.78 is 7.78. The molecule has 1 saturated carbocycles. The van der Waals surface area contributed by atoms with Crippen LogP contribution in [0, 0.1) is 5.92 Å². The first-order valence-electron chi connectivity index (χ1n) is 9.47. The quantitative estimate of drug-likeness (QED) is 0.654. The molecule has 1 atom stereocenters. The Morgan fingerprint density at radius 2 is 2.07 bits per heavy atom. The molecule has 3 heterocycles. The molecule has 0 N–H and O–H groups in total. The molecule has 1 aliphatic heterocycles. The number of para-hydroxylation sites is 2. The zero-order valence-electron chi connectivity index (χ0n) is 15.5. The van der Waals surface area contributed by atoms with E-state index in [2.05, 4.69) is 10.1 Å². The third-order valence-electron chi connectivity index (χ3n) is 5.44. The highest BCUT2D eigenvalue weighted by Gasteiger charge is 2.32. The molecule has 1 fully saturated rings. The van der Waals surface area contributed by atoms with E-state index in [-0.39, 0.29) is 24.7 Å². The van der Waals surface area contributed by atoms with Crippen LogP contribution in [0.15, 0.2) is 42.7 Å². The lowest BCUT2D eigenvalue weighted by atomic mass is 10.00. The van der Waals surface area contributed by atoms with Gasteiger partial charge in [-0.1, -0.05) is 12.1 Å². The van der Waals surface area contributed by atoms with Crippen molar-refractivity contribution in [1.82, 2.24) is 14.8 Å². The van der Waals surface area contributed by atoms with E-state index in [4.69, 9.17) is 4.74 Å². The number of benzene rings is 1. The van der Waals surface area contributed by atoms with Crippen molar-refractivity contribution in [2.75, 3.05) is 18.6 Å². The highest BCUT2D eigenvalue weighted by Crippen LogP contribution is 2.37. The van der Waals surface area contributed by atoms with Gasteiger partial charge in [0.1, 0.15) is 18.1 Å². The Balaban J connectivity index is 1.39. The van der Waals surface area contributed by atoms with Crippen LogP contribution in [0.5, 0.6) is 5.75 Å². The molecular weight excluding hydrogens is 356 g/mol. The van der Waals surface area contributed by atoms with Crippen molar-refractivity contribution in [3.63, 3.8) is 0 Å². The van der Waals surface area contributed by atoms with Crippen LogP contribution >= 0.6 is 0 Å². The summed E-state index contributed by atoms with van der Waals surface area (Å²) in [5.74, 6) is -0.175. The number of rotatable bonds is 4. The SMILES string of the molecule is CN1C(=O)[C@@H](CC(=O)c2cc3c(cn2)cnn3C2CC2)COc2ccccc21. The molecule has 5 rings (SSSR count). The smallest absolute Gasteiger partial charge is 0.233 e. The number of nitrogens with zero attached hydrogens (tertiary/aromatic N) is 4. The molecule has 1 aliphatic carbocycles. The topological polar surface area (TPSA) is 77.3 Å². The van der Waals surface area contributed by atoms with Gasteiger partial charge in [-0.25, -0.2) is 0 Å². The normalized spacial score (nSPS) is 19.2. The van der Waals surface area contributed by atoms with Gasteiger partial charge in [0.2, 0.25) is 5.91 Å². The zero-order chi connectivity index (χ0) is 19.3. The third-order valence-corrected chi connectivity index (χ3v) is 5.44. The molecule has 2 aliphatic rings. The maximum Gasteiger partial charge on any atom is 0.233 e. The highest BCUT2D eigenvalue weighted by atomic mass is 16.5. The zero-order valence-corrected chi connectivity index (χ0v) is 15.5. The molecule has 3 aromatic rings. The molecule has 0 bridgehead atoms. The van der Waals surface area contributed by atoms with Crippen molar-refractivity contribution < 1.29 is 14.3 Å². The number of aromatic nitrogens is 3. The molecule has 0 spiro atoms. The molecule has 7 nitrogen and oxygen atoms in total. The number of ether oxygens (including phenoxy) is 1. The number of amides is 1. The van der Waals surface area contributed by atoms with Crippen LogP contribution < -0.4 is 9.64 Å². The van der Waals surface area contributed by atoms with Crippen molar-refractivity contribution in [1.29, 1.82) is 0 Å². The maximum absolute atomic E-state index is 12.9. The Bertz CT molecular complexity index is 1090. The first-order chi connectivity index (χ1) is 13.6. The van der Waals surface area contributed by atoms with Crippen molar-refractivity contribution in [3.8, 4) is 5.75 Å². The fourth-order valence-electron chi connectivity index (χ4n) is 3.69. The Kier molecular flexibility index (Phi) is 3.89. The summed E-state index contributed by atoms with van der Waals surface area (Å²) in [5.41, 5.74) is 2.01. The summed E-state index contributed by atoms with van der Waals surface area (Å²) in [6.07, 6.45) is 5.76. The monoisotopic (exact) mass is 376 g/mol. The van der Waals surface area contributed by atoms with E-state index in [0.29, 0.717) is 17.5 Å². The van der Waals surface area contributed by atoms with Crippen LogP contribution in [-0.4, -0.2) is 40.1 Å². The molecule has 7 heteroatoms. The summed E-state index contributed by atoms with van der Waals surface area (Å²) in [6, 6.07) is 9.62. The van der Waals surface area contributed by atoms with Crippen molar-refractivity contribution >= 4 is 28.3 Å². The molecule has 142 valence electrons. The van der Waals surface area contributed by atoms with E-state index in [9.17, 15) is 9.59 Å². The van der Waals surface area contributed by atoms with Crippen LogP contribution in [0.3, 0.4) is 0 Å². The molecule has 28 heavy (non-hydrogen) atoms. The highest BCUT2D eigenvalue weighted by molar-refractivity contribution is 6.03. The number of carbonyl (C=O) groups is 2. The van der Waals surface area contributed by atoms with Crippen LogP contribution in [0.25, 0.3) is 10.9 Å². The molecule has 0 radical (unpaired) electrons. The standard InChI is InChI=1S/C21H20N4O3/c1-24-17-4-2-3-5-20(17)28-12-13(21(24)27)8-19(26)16-9-18-14(10-22-16)11-23-25(18)15-6-7-15/h2-5,9-11,13,15H,6-8,12H2,1H3/t13-/m0/s1. The molecule has 1 amide bonds. The molecular formula is C21H20N4O3. The largest absolute Gasteiger partial charge is 0.491 e. The minimum atomic E-state index is -0.546. The lowest BCUT2D eigenvalue weighted by molar-refractivity contribution is -0.122. The summed E-state index contributed by atoms with van der Waals surface area (Å²) >= 11 is 0. The van der Waals surface area contributed by atoms with E-state index in [1.807, 2.05) is 28.9 Å². The predicted octanol–water partition coefficient (Wildman–Crippen LogP) is 3.01. The van der Waals surface area contributed by atoms with E-state index in [1.54, 1.807) is 30.4 Å². The van der Waals surface area contributed by atoms with Crippen LogP contribution in [0.4, 0.5) is 5.69 Å². The van der Waals surface area contributed by atoms with Crippen molar-refractivity contribution in [2.45, 2.75) is 25.3 Å². The molecule has 0 saturated heterocycles. The first-order valence-corrected chi connectivity index (χ1v) is 9.47. The summed E-state index contributed by atoms with van der Waals surface area (Å²) in [7, 11) is 1.71. The summed E-state index contributed by atoms with van der Waals surface area (Å²) in [6.45, 7) is 0.175. The third kappa shape index (κ3) is 2.83. The average molecular weight is 376 g/mol. The van der Waals surface area contributed by atoms with Gasteiger partial charge in [0.05, 0.1) is 29.4 Å². The Hall–Kier alpha value is -3.22. The fourth-order valence-corrected chi connectivity index (χ4v) is 3.69. The number of fused-ring (bicyclic) bond motifs is 2. The van der Waals surface area contributed by atoms with Crippen molar-refractivity contribution in [3.05, 3.63) is 48.4 Å². The molecule has 2 aromatic heterocycles. The Morgan fingerprint density at radius 1 is 1.25 bits per heavy atom. The number of pyridine rings is 1. The van der Waals surface area contributed by atoms with E-state index < -0.39 is 5.92 Å². The van der Waals surface area contributed by atoms with Gasteiger partial charge in [-0.2, -0.15) is 5.10 Å². The van der Waals surface area contributed by atoms with Crippen molar-refractivity contribution in [2.24, 2.45) is 5.92 Å². The number of anilines is 1. The van der Waals surface area contributed by atoms with Crippen LogP contribution in [-0.2, 0) is 4.79 Å². The summed E-state index contributed by atoms with van der Waals surface area (Å²) in [4.78, 5) is 31.6. The van der Waals surface area contributed by atoms with Gasteiger partial charge in [0.25, 0.3) is 0 Å². The summed E-state index contributed by atoms with van der Waals surface area (Å²) in [5, 5.41) is 5.34. The second-order valence-corrected chi connectivity index (χ2v) is 7.45. The maximum atomic E-state index is 12.9. The second-order valence-electron chi connectivity index (χ2n) is 7.45. The number of carbonyl (C=O) groups excluding carboxylic acids is 2. The minimum absolute atomic E-state index is 0.0627. The number of ketones is 1. The van der Waals surface area contributed by atoms with Crippen LogP contribution in [0.2, 0.25) is 0 Å². The average Bonchev–Trinajstić information content (AvgIpc) is 3.49. The Labute approximate surface area is 161 Å². The van der Waals surface area contributed by atoms with Gasteiger partial charge >= 0.3 is 0 Å². The van der Waals surface area contributed by atoms with Gasteiger partial charge in [-0.05, 0) is 31.0 Å². The number of hydrogen-bond acceptors (Lipinski definition) is 5. The van der Waals surface area contributed by atoms with E-state index >= 15 is 0 Å². The second kappa shape index (κ2) is 6.44. The molecule has 1 aromatic carbocycles. The van der Waals surface area contributed by atoms with Gasteiger partial charge in [-0.15, -0.1) is 0 Å². The van der Waals surface area contributed by atoms with Gasteiger partial charge in [0.15, 0.2) is 5.78 Å². The van der Waals surface area contributed by atoms with Gasteiger partial charge in [-0.3, -0.25) is 19.3 Å². The van der Waals surface area contributed by atoms with Crippen LogP contribution in [0.1, 0.15) is 35.8 Å².